The number of thioether (sulfide) groups is 1. The summed E-state index contributed by atoms with van der Waals surface area (Å²) in [4.78, 5) is 9.19. The Morgan fingerprint density at radius 3 is 2.92 bits per heavy atom. The second-order valence-corrected chi connectivity index (χ2v) is 8.44. The Morgan fingerprint density at radius 2 is 2.20 bits per heavy atom. The number of fused-ring (bicyclic) bond motifs is 1. The molecule has 6 nitrogen and oxygen atoms in total. The van der Waals surface area contributed by atoms with Crippen LogP contribution in [0.25, 0.3) is 11.4 Å². The van der Waals surface area contributed by atoms with E-state index in [1.165, 1.54) is 23.0 Å². The van der Waals surface area contributed by atoms with E-state index in [4.69, 9.17) is 0 Å². The lowest BCUT2D eigenvalue weighted by Crippen LogP contribution is -2.22. The highest BCUT2D eigenvalue weighted by molar-refractivity contribution is 7.98. The number of H-pyrrole nitrogens is 1. The first kappa shape index (κ1) is 18.2. The number of aromatic nitrogens is 4. The first-order chi connectivity index (χ1) is 11.9. The number of nitrogens with one attached hydrogen (secondary N) is 2. The topological polar surface area (TPSA) is 86.7 Å². The number of aromatic amines is 1. The normalized spacial score (nSPS) is 17.2. The molecule has 0 aromatic carbocycles. The van der Waals surface area contributed by atoms with E-state index >= 15 is 0 Å². The first-order valence-corrected chi connectivity index (χ1v) is 9.98. The molecule has 0 saturated carbocycles. The SMILES string of the molecule is CSc1nc(NCC(C)CO)cc(-c2n[nH]c3c2CCC(C)(C)C3)n1. The van der Waals surface area contributed by atoms with Crippen molar-refractivity contribution in [1.82, 2.24) is 20.2 Å². The van der Waals surface area contributed by atoms with Gasteiger partial charge in [-0.25, -0.2) is 9.97 Å². The van der Waals surface area contributed by atoms with Crippen LogP contribution in [0.5, 0.6) is 0 Å². The molecule has 136 valence electrons. The second-order valence-electron chi connectivity index (χ2n) is 7.66. The molecule has 0 saturated heterocycles. The van der Waals surface area contributed by atoms with Gasteiger partial charge in [0.15, 0.2) is 5.16 Å². The minimum absolute atomic E-state index is 0.156. The fraction of sp³-hybridized carbons (Fsp3) is 0.611. The van der Waals surface area contributed by atoms with Crippen molar-refractivity contribution in [2.24, 2.45) is 11.3 Å². The molecule has 2 aromatic heterocycles. The van der Waals surface area contributed by atoms with Crippen LogP contribution < -0.4 is 5.32 Å². The van der Waals surface area contributed by atoms with Crippen LogP contribution in [-0.4, -0.2) is 44.7 Å². The third-order valence-corrected chi connectivity index (χ3v) is 5.28. The quantitative estimate of drug-likeness (QED) is 0.541. The molecule has 3 rings (SSSR count). The van der Waals surface area contributed by atoms with E-state index in [0.717, 1.165) is 41.6 Å². The van der Waals surface area contributed by atoms with Crippen LogP contribution in [0.2, 0.25) is 0 Å². The molecule has 0 spiro atoms. The number of nitrogens with zero attached hydrogens (tertiary/aromatic N) is 3. The van der Waals surface area contributed by atoms with Gasteiger partial charge in [0.05, 0.1) is 5.69 Å². The first-order valence-electron chi connectivity index (χ1n) is 8.76. The van der Waals surface area contributed by atoms with Crippen molar-refractivity contribution in [2.75, 3.05) is 24.7 Å². The zero-order valence-corrected chi connectivity index (χ0v) is 16.2. The van der Waals surface area contributed by atoms with Crippen LogP contribution in [0.15, 0.2) is 11.2 Å². The molecule has 2 heterocycles. The lowest BCUT2D eigenvalue weighted by molar-refractivity contribution is 0.244. The highest BCUT2D eigenvalue weighted by atomic mass is 32.2. The summed E-state index contributed by atoms with van der Waals surface area (Å²) in [5.41, 5.74) is 4.65. The average Bonchev–Trinajstić information content (AvgIpc) is 3.00. The van der Waals surface area contributed by atoms with Crippen molar-refractivity contribution >= 4 is 17.6 Å². The molecule has 1 aliphatic rings. The van der Waals surface area contributed by atoms with Gasteiger partial charge in [-0.15, -0.1) is 0 Å². The molecule has 1 atom stereocenters. The summed E-state index contributed by atoms with van der Waals surface area (Å²) in [5, 5.41) is 21.0. The van der Waals surface area contributed by atoms with Crippen molar-refractivity contribution in [3.8, 4) is 11.4 Å². The smallest absolute Gasteiger partial charge is 0.189 e. The fourth-order valence-electron chi connectivity index (χ4n) is 3.13. The summed E-state index contributed by atoms with van der Waals surface area (Å²) >= 11 is 1.52. The molecule has 0 bridgehead atoms. The maximum Gasteiger partial charge on any atom is 0.189 e. The van der Waals surface area contributed by atoms with Gasteiger partial charge < -0.3 is 10.4 Å². The number of hydrogen-bond donors (Lipinski definition) is 3. The Labute approximate surface area is 153 Å². The molecule has 3 N–H and O–H groups in total. The van der Waals surface area contributed by atoms with Gasteiger partial charge in [-0.1, -0.05) is 32.5 Å². The summed E-state index contributed by atoms with van der Waals surface area (Å²) in [7, 11) is 0. The van der Waals surface area contributed by atoms with Crippen LogP contribution in [0.1, 0.15) is 38.4 Å². The molecule has 7 heteroatoms. The van der Waals surface area contributed by atoms with Crippen LogP contribution in [-0.2, 0) is 12.8 Å². The predicted octanol–water partition coefficient (Wildman–Crippen LogP) is 3.14. The number of aliphatic hydroxyl groups is 1. The Morgan fingerprint density at radius 1 is 1.40 bits per heavy atom. The van der Waals surface area contributed by atoms with Crippen LogP contribution in [0.3, 0.4) is 0 Å². The molecule has 0 aliphatic heterocycles. The van der Waals surface area contributed by atoms with E-state index in [9.17, 15) is 5.11 Å². The van der Waals surface area contributed by atoms with Gasteiger partial charge in [0.25, 0.3) is 0 Å². The maximum atomic E-state index is 9.20. The van der Waals surface area contributed by atoms with E-state index in [1.807, 2.05) is 19.2 Å². The van der Waals surface area contributed by atoms with Crippen LogP contribution in [0, 0.1) is 11.3 Å². The Bertz CT molecular complexity index is 743. The minimum Gasteiger partial charge on any atom is -0.396 e. The fourth-order valence-corrected chi connectivity index (χ4v) is 3.51. The lowest BCUT2D eigenvalue weighted by atomic mass is 9.76. The number of rotatable bonds is 6. The van der Waals surface area contributed by atoms with Crippen LogP contribution >= 0.6 is 11.8 Å². The maximum absolute atomic E-state index is 9.20. The summed E-state index contributed by atoms with van der Waals surface area (Å²) in [6.07, 6.45) is 5.18. The standard InChI is InChI=1S/C18H27N5OS/c1-11(10-24)9-19-15-7-13(20-17(21-15)25-4)16-12-5-6-18(2,3)8-14(12)22-23-16/h7,11,24H,5-6,8-10H2,1-4H3,(H,22,23)(H,19,20,21). The van der Waals surface area contributed by atoms with Gasteiger partial charge in [0.2, 0.25) is 0 Å². The molecule has 25 heavy (non-hydrogen) atoms. The minimum atomic E-state index is 0.156. The highest BCUT2D eigenvalue weighted by Crippen LogP contribution is 2.37. The number of anilines is 1. The predicted molar refractivity (Wildman–Crippen MR) is 102 cm³/mol. The zero-order chi connectivity index (χ0) is 18.0. The molecule has 0 radical (unpaired) electrons. The molecule has 1 aliphatic carbocycles. The summed E-state index contributed by atoms with van der Waals surface area (Å²) in [6, 6.07) is 1.96. The molecular formula is C18H27N5OS. The van der Waals surface area contributed by atoms with E-state index in [0.29, 0.717) is 12.0 Å². The van der Waals surface area contributed by atoms with Gasteiger partial charge in [-0.3, -0.25) is 5.10 Å². The number of hydrogen-bond acceptors (Lipinski definition) is 6. The largest absolute Gasteiger partial charge is 0.396 e. The summed E-state index contributed by atoms with van der Waals surface area (Å²) in [5.74, 6) is 0.957. The Kier molecular flexibility index (Phi) is 5.34. The van der Waals surface area contributed by atoms with Gasteiger partial charge in [-0.05, 0) is 36.9 Å². The molecule has 1 unspecified atom stereocenters. The average molecular weight is 362 g/mol. The third-order valence-electron chi connectivity index (χ3n) is 4.73. The van der Waals surface area contributed by atoms with Gasteiger partial charge in [0, 0.05) is 30.5 Å². The highest BCUT2D eigenvalue weighted by Gasteiger charge is 2.29. The molecule has 0 fully saturated rings. The van der Waals surface area contributed by atoms with Crippen molar-refractivity contribution in [1.29, 1.82) is 0 Å². The van der Waals surface area contributed by atoms with E-state index in [2.05, 4.69) is 39.3 Å². The molecule has 0 amide bonds. The van der Waals surface area contributed by atoms with Gasteiger partial charge in [0.1, 0.15) is 11.5 Å². The summed E-state index contributed by atoms with van der Waals surface area (Å²) in [6.45, 7) is 7.43. The van der Waals surface area contributed by atoms with E-state index in [1.54, 1.807) is 0 Å². The Hall–Kier alpha value is -1.60. The van der Waals surface area contributed by atoms with Crippen LogP contribution in [0.4, 0.5) is 5.82 Å². The summed E-state index contributed by atoms with van der Waals surface area (Å²) < 4.78 is 0. The van der Waals surface area contributed by atoms with Gasteiger partial charge in [-0.2, -0.15) is 5.10 Å². The molecule has 2 aromatic rings. The van der Waals surface area contributed by atoms with Crippen molar-refractivity contribution < 1.29 is 5.11 Å². The third kappa shape index (κ3) is 4.15. The van der Waals surface area contributed by atoms with E-state index in [-0.39, 0.29) is 12.5 Å². The monoisotopic (exact) mass is 361 g/mol. The Balaban J connectivity index is 1.91. The molecular weight excluding hydrogens is 334 g/mol. The van der Waals surface area contributed by atoms with Crippen molar-refractivity contribution in [3.05, 3.63) is 17.3 Å². The zero-order valence-electron chi connectivity index (χ0n) is 15.4. The van der Waals surface area contributed by atoms with Crippen molar-refractivity contribution in [3.63, 3.8) is 0 Å². The van der Waals surface area contributed by atoms with Gasteiger partial charge >= 0.3 is 0 Å². The lowest BCUT2D eigenvalue weighted by Gasteiger charge is -2.29. The second kappa shape index (κ2) is 7.33. The van der Waals surface area contributed by atoms with E-state index < -0.39 is 0 Å². The van der Waals surface area contributed by atoms with Crippen molar-refractivity contribution in [2.45, 2.75) is 45.2 Å². The number of aliphatic hydroxyl groups excluding tert-OH is 1.